The molecule has 98 valence electrons. The average molecular weight is 274 g/mol. The predicted molar refractivity (Wildman–Crippen MR) is 76.3 cm³/mol. The van der Waals surface area contributed by atoms with Gasteiger partial charge in [-0.3, -0.25) is 15.2 Å². The molecule has 0 fully saturated rings. The fourth-order valence-electron chi connectivity index (χ4n) is 1.63. The Hall–Kier alpha value is -2.05. The molecule has 5 nitrogen and oxygen atoms in total. The normalized spacial score (nSPS) is 10.2. The lowest BCUT2D eigenvalue weighted by Gasteiger charge is -2.08. The van der Waals surface area contributed by atoms with Crippen molar-refractivity contribution in [2.75, 3.05) is 5.73 Å². The van der Waals surface area contributed by atoms with Crippen LogP contribution < -0.4 is 17.0 Å². The van der Waals surface area contributed by atoms with Crippen LogP contribution in [0.3, 0.4) is 0 Å². The summed E-state index contributed by atoms with van der Waals surface area (Å²) in [6.45, 7) is 0. The first kappa shape index (κ1) is 13.4. The van der Waals surface area contributed by atoms with Crippen LogP contribution in [0.5, 0.6) is 0 Å². The molecule has 0 radical (unpaired) electrons. The van der Waals surface area contributed by atoms with Crippen LogP contribution in [0.4, 0.5) is 5.69 Å². The zero-order valence-corrected chi connectivity index (χ0v) is 11.0. The Labute approximate surface area is 115 Å². The molecule has 0 aliphatic rings. The third-order valence-electron chi connectivity index (χ3n) is 2.59. The van der Waals surface area contributed by atoms with Crippen LogP contribution >= 0.6 is 11.8 Å². The van der Waals surface area contributed by atoms with Gasteiger partial charge >= 0.3 is 0 Å². The number of nitrogens with zero attached hydrogens (tertiary/aromatic N) is 1. The van der Waals surface area contributed by atoms with Crippen molar-refractivity contribution in [3.8, 4) is 0 Å². The second kappa shape index (κ2) is 6.21. The highest BCUT2D eigenvalue weighted by Crippen LogP contribution is 2.28. The Balaban J connectivity index is 2.16. The van der Waals surface area contributed by atoms with E-state index >= 15 is 0 Å². The summed E-state index contributed by atoms with van der Waals surface area (Å²) in [7, 11) is 0. The maximum atomic E-state index is 11.6. The molecule has 0 atom stereocenters. The van der Waals surface area contributed by atoms with E-state index in [1.165, 1.54) is 0 Å². The largest absolute Gasteiger partial charge is 0.397 e. The zero-order chi connectivity index (χ0) is 13.7. The average Bonchev–Trinajstić information content (AvgIpc) is 2.46. The van der Waals surface area contributed by atoms with Crippen LogP contribution in [0.2, 0.25) is 0 Å². The molecule has 0 unspecified atom stereocenters. The van der Waals surface area contributed by atoms with Gasteiger partial charge in [0.2, 0.25) is 0 Å². The van der Waals surface area contributed by atoms with Gasteiger partial charge in [0.05, 0.1) is 11.9 Å². The molecule has 2 rings (SSSR count). The number of hydrazine groups is 1. The Kier molecular flexibility index (Phi) is 4.38. The van der Waals surface area contributed by atoms with E-state index in [1.807, 2.05) is 18.2 Å². The van der Waals surface area contributed by atoms with Crippen LogP contribution in [0.1, 0.15) is 15.9 Å². The number of rotatable bonds is 4. The Morgan fingerprint density at radius 3 is 2.84 bits per heavy atom. The van der Waals surface area contributed by atoms with E-state index in [-0.39, 0.29) is 5.91 Å². The highest BCUT2D eigenvalue weighted by atomic mass is 32.2. The monoisotopic (exact) mass is 274 g/mol. The lowest BCUT2D eigenvalue weighted by Crippen LogP contribution is -2.30. The van der Waals surface area contributed by atoms with Gasteiger partial charge in [-0.1, -0.05) is 18.2 Å². The van der Waals surface area contributed by atoms with E-state index < -0.39 is 0 Å². The standard InChI is InChI=1S/C13H14N4OS/c14-11-7-16-6-5-12(11)19-8-9-3-1-2-4-10(9)13(18)17-15/h1-7H,8,14-15H2,(H,17,18). The minimum Gasteiger partial charge on any atom is -0.397 e. The van der Waals surface area contributed by atoms with E-state index in [1.54, 1.807) is 36.3 Å². The van der Waals surface area contributed by atoms with Gasteiger partial charge in [-0.15, -0.1) is 11.8 Å². The van der Waals surface area contributed by atoms with Crippen molar-refractivity contribution in [2.24, 2.45) is 5.84 Å². The Morgan fingerprint density at radius 1 is 1.32 bits per heavy atom. The van der Waals surface area contributed by atoms with Gasteiger partial charge in [0.25, 0.3) is 5.91 Å². The van der Waals surface area contributed by atoms with Crippen molar-refractivity contribution >= 4 is 23.4 Å². The van der Waals surface area contributed by atoms with Gasteiger partial charge in [-0.25, -0.2) is 5.84 Å². The Morgan fingerprint density at radius 2 is 2.11 bits per heavy atom. The number of nitrogens with two attached hydrogens (primary N) is 2. The fraction of sp³-hybridized carbons (Fsp3) is 0.0769. The molecule has 0 saturated heterocycles. The highest BCUT2D eigenvalue weighted by Gasteiger charge is 2.10. The summed E-state index contributed by atoms with van der Waals surface area (Å²) in [4.78, 5) is 16.5. The van der Waals surface area contributed by atoms with Crippen molar-refractivity contribution in [3.63, 3.8) is 0 Å². The van der Waals surface area contributed by atoms with E-state index in [0.29, 0.717) is 17.0 Å². The van der Waals surface area contributed by atoms with Gasteiger partial charge in [0.1, 0.15) is 0 Å². The summed E-state index contributed by atoms with van der Waals surface area (Å²) >= 11 is 1.56. The number of hydrogen-bond donors (Lipinski definition) is 3. The summed E-state index contributed by atoms with van der Waals surface area (Å²) in [5.74, 6) is 5.51. The van der Waals surface area contributed by atoms with Crippen LogP contribution in [0, 0.1) is 0 Å². The second-order valence-corrected chi connectivity index (χ2v) is 4.85. The molecule has 1 heterocycles. The first-order valence-corrected chi connectivity index (χ1v) is 6.62. The summed E-state index contributed by atoms with van der Waals surface area (Å²) in [5.41, 5.74) is 10.1. The molecule has 1 aromatic heterocycles. The number of carbonyl (C=O) groups excluding carboxylic acids is 1. The molecule has 2 aromatic rings. The molecule has 0 saturated carbocycles. The number of hydrogen-bond acceptors (Lipinski definition) is 5. The van der Waals surface area contributed by atoms with Crippen molar-refractivity contribution in [2.45, 2.75) is 10.6 Å². The molecule has 6 heteroatoms. The lowest BCUT2D eigenvalue weighted by molar-refractivity contribution is 0.0953. The van der Waals surface area contributed by atoms with Gasteiger partial charge in [-0.05, 0) is 17.7 Å². The van der Waals surface area contributed by atoms with Crippen molar-refractivity contribution in [1.29, 1.82) is 0 Å². The number of carbonyl (C=O) groups is 1. The first-order valence-electron chi connectivity index (χ1n) is 5.63. The predicted octanol–water partition coefficient (Wildman–Crippen LogP) is 1.56. The number of anilines is 1. The number of benzene rings is 1. The molecule has 0 spiro atoms. The topological polar surface area (TPSA) is 94.0 Å². The SMILES string of the molecule is NNC(=O)c1ccccc1CSc1ccncc1N. The van der Waals surface area contributed by atoms with Crippen LogP contribution in [0.25, 0.3) is 0 Å². The van der Waals surface area contributed by atoms with E-state index in [9.17, 15) is 4.79 Å². The van der Waals surface area contributed by atoms with Crippen LogP contribution in [0.15, 0.2) is 47.6 Å². The van der Waals surface area contributed by atoms with Crippen molar-refractivity contribution < 1.29 is 4.79 Å². The van der Waals surface area contributed by atoms with Crippen molar-refractivity contribution in [1.82, 2.24) is 10.4 Å². The molecule has 1 amide bonds. The quantitative estimate of drug-likeness (QED) is 0.340. The Bertz CT molecular complexity index is 588. The van der Waals surface area contributed by atoms with E-state index in [2.05, 4.69) is 10.4 Å². The number of amides is 1. The minimum atomic E-state index is -0.293. The third kappa shape index (κ3) is 3.24. The molecule has 0 bridgehead atoms. The van der Waals surface area contributed by atoms with Gasteiger partial charge < -0.3 is 5.73 Å². The number of thioether (sulfide) groups is 1. The zero-order valence-electron chi connectivity index (χ0n) is 10.2. The number of nitrogens with one attached hydrogen (secondary N) is 1. The van der Waals surface area contributed by atoms with E-state index in [4.69, 9.17) is 11.6 Å². The molecule has 1 aromatic carbocycles. The molecule has 0 aliphatic heterocycles. The first-order chi connectivity index (χ1) is 9.22. The fourth-order valence-corrected chi connectivity index (χ4v) is 2.57. The van der Waals surface area contributed by atoms with Crippen LogP contribution in [-0.4, -0.2) is 10.9 Å². The summed E-state index contributed by atoms with van der Waals surface area (Å²) < 4.78 is 0. The number of pyridine rings is 1. The van der Waals surface area contributed by atoms with Crippen LogP contribution in [-0.2, 0) is 5.75 Å². The molecular weight excluding hydrogens is 260 g/mol. The van der Waals surface area contributed by atoms with E-state index in [0.717, 1.165) is 10.5 Å². The lowest BCUT2D eigenvalue weighted by atomic mass is 10.1. The van der Waals surface area contributed by atoms with Gasteiger partial charge in [0.15, 0.2) is 0 Å². The van der Waals surface area contributed by atoms with Gasteiger partial charge in [0, 0.05) is 22.4 Å². The second-order valence-electron chi connectivity index (χ2n) is 3.83. The molecule has 0 aliphatic carbocycles. The number of nitrogen functional groups attached to an aromatic ring is 2. The van der Waals surface area contributed by atoms with Crippen molar-refractivity contribution in [3.05, 3.63) is 53.9 Å². The highest BCUT2D eigenvalue weighted by molar-refractivity contribution is 7.98. The minimum absolute atomic E-state index is 0.293. The maximum Gasteiger partial charge on any atom is 0.265 e. The third-order valence-corrected chi connectivity index (χ3v) is 3.72. The molecule has 5 N–H and O–H groups in total. The summed E-state index contributed by atoms with van der Waals surface area (Å²) in [5, 5.41) is 0. The number of aromatic nitrogens is 1. The molecular formula is C13H14N4OS. The summed E-state index contributed by atoms with van der Waals surface area (Å²) in [6.07, 6.45) is 3.30. The molecule has 19 heavy (non-hydrogen) atoms. The summed E-state index contributed by atoms with van der Waals surface area (Å²) in [6, 6.07) is 9.19. The maximum absolute atomic E-state index is 11.6. The van der Waals surface area contributed by atoms with Gasteiger partial charge in [-0.2, -0.15) is 0 Å². The smallest absolute Gasteiger partial charge is 0.265 e.